The monoisotopic (exact) mass is 238 g/mol. The maximum Gasteiger partial charge on any atom is 0.109 e. The van der Waals surface area contributed by atoms with Gasteiger partial charge < -0.3 is 14.8 Å². The van der Waals surface area contributed by atoms with Crippen LogP contribution in [-0.4, -0.2) is 46.7 Å². The summed E-state index contributed by atoms with van der Waals surface area (Å²) < 4.78 is 2.09. The first kappa shape index (κ1) is 14.2. The molecule has 0 aliphatic heterocycles. The molecule has 0 aromatic carbocycles. The number of hydrogen-bond donors (Lipinski definition) is 1. The van der Waals surface area contributed by atoms with Crippen molar-refractivity contribution >= 4 is 0 Å². The molecule has 0 aliphatic rings. The van der Waals surface area contributed by atoms with Crippen LogP contribution in [0.25, 0.3) is 0 Å². The standard InChI is InChI=1S/C13H26N4/c1-7-14-11(13(2,3)16(4)5)10-12-15-8-9-17(12)6/h8-9,11,14H,7,10H2,1-6H3. The van der Waals surface area contributed by atoms with Gasteiger partial charge in [0.25, 0.3) is 0 Å². The minimum absolute atomic E-state index is 0.0992. The van der Waals surface area contributed by atoms with Crippen molar-refractivity contribution < 1.29 is 0 Å². The fourth-order valence-corrected chi connectivity index (χ4v) is 1.91. The molecule has 1 rings (SSSR count). The van der Waals surface area contributed by atoms with Crippen molar-refractivity contribution in [3.63, 3.8) is 0 Å². The Bertz CT molecular complexity index is 341. The molecule has 0 radical (unpaired) electrons. The van der Waals surface area contributed by atoms with E-state index in [2.05, 4.69) is 54.6 Å². The number of nitrogens with zero attached hydrogens (tertiary/aromatic N) is 3. The predicted octanol–water partition coefficient (Wildman–Crippen LogP) is 1.28. The van der Waals surface area contributed by atoms with E-state index in [4.69, 9.17) is 0 Å². The van der Waals surface area contributed by atoms with Gasteiger partial charge in [0.15, 0.2) is 0 Å². The lowest BCUT2D eigenvalue weighted by molar-refractivity contribution is 0.136. The summed E-state index contributed by atoms with van der Waals surface area (Å²) in [5, 5.41) is 3.57. The first-order chi connectivity index (χ1) is 7.89. The summed E-state index contributed by atoms with van der Waals surface area (Å²) >= 11 is 0. The molecule has 0 aliphatic carbocycles. The lowest BCUT2D eigenvalue weighted by Crippen LogP contribution is -2.56. The van der Waals surface area contributed by atoms with Crippen molar-refractivity contribution in [2.75, 3.05) is 20.6 Å². The number of aromatic nitrogens is 2. The van der Waals surface area contributed by atoms with Crippen molar-refractivity contribution in [3.05, 3.63) is 18.2 Å². The first-order valence-corrected chi connectivity index (χ1v) is 6.26. The lowest BCUT2D eigenvalue weighted by Gasteiger charge is -2.40. The highest BCUT2D eigenvalue weighted by molar-refractivity contribution is 5.01. The Morgan fingerprint density at radius 3 is 2.53 bits per heavy atom. The largest absolute Gasteiger partial charge is 0.338 e. The molecule has 0 saturated heterocycles. The molecule has 1 atom stereocenters. The van der Waals surface area contributed by atoms with Crippen molar-refractivity contribution in [1.82, 2.24) is 19.8 Å². The Hall–Kier alpha value is -0.870. The summed E-state index contributed by atoms with van der Waals surface area (Å²) in [5.74, 6) is 1.13. The van der Waals surface area contributed by atoms with Crippen molar-refractivity contribution in [3.8, 4) is 0 Å². The van der Waals surface area contributed by atoms with Crippen LogP contribution in [0.1, 0.15) is 26.6 Å². The minimum atomic E-state index is 0.0992. The van der Waals surface area contributed by atoms with Gasteiger partial charge in [-0.25, -0.2) is 4.98 Å². The SMILES string of the molecule is CCNC(Cc1nccn1C)C(C)(C)N(C)C. The van der Waals surface area contributed by atoms with Crippen LogP contribution in [-0.2, 0) is 13.5 Å². The van der Waals surface area contributed by atoms with E-state index in [9.17, 15) is 0 Å². The van der Waals surface area contributed by atoms with E-state index in [1.54, 1.807) is 0 Å². The minimum Gasteiger partial charge on any atom is -0.338 e. The zero-order chi connectivity index (χ0) is 13.1. The van der Waals surface area contributed by atoms with Crippen LogP contribution in [0.3, 0.4) is 0 Å². The fraction of sp³-hybridized carbons (Fsp3) is 0.769. The van der Waals surface area contributed by atoms with E-state index in [-0.39, 0.29) is 5.54 Å². The third kappa shape index (κ3) is 3.30. The van der Waals surface area contributed by atoms with E-state index in [0.717, 1.165) is 18.8 Å². The average molecular weight is 238 g/mol. The number of hydrogen-bond acceptors (Lipinski definition) is 3. The Labute approximate surface area is 105 Å². The van der Waals surface area contributed by atoms with E-state index in [1.807, 2.05) is 19.4 Å². The van der Waals surface area contributed by atoms with Gasteiger partial charge in [0, 0.05) is 37.4 Å². The van der Waals surface area contributed by atoms with Gasteiger partial charge in [-0.15, -0.1) is 0 Å². The molecule has 4 nitrogen and oxygen atoms in total. The Balaban J connectivity index is 2.83. The second kappa shape index (κ2) is 5.65. The smallest absolute Gasteiger partial charge is 0.109 e. The van der Waals surface area contributed by atoms with E-state index < -0.39 is 0 Å². The van der Waals surface area contributed by atoms with Crippen LogP contribution in [0.4, 0.5) is 0 Å². The van der Waals surface area contributed by atoms with E-state index >= 15 is 0 Å². The normalized spacial score (nSPS) is 14.3. The van der Waals surface area contributed by atoms with Gasteiger partial charge >= 0.3 is 0 Å². The summed E-state index contributed by atoms with van der Waals surface area (Å²) in [6.07, 6.45) is 4.81. The molecule has 0 bridgehead atoms. The number of aryl methyl sites for hydroxylation is 1. The Morgan fingerprint density at radius 1 is 1.47 bits per heavy atom. The Morgan fingerprint density at radius 2 is 2.12 bits per heavy atom. The van der Waals surface area contributed by atoms with Gasteiger partial charge in [0.1, 0.15) is 5.82 Å². The highest BCUT2D eigenvalue weighted by Crippen LogP contribution is 2.18. The van der Waals surface area contributed by atoms with Gasteiger partial charge in [-0.05, 0) is 34.5 Å². The van der Waals surface area contributed by atoms with Gasteiger partial charge in [-0.3, -0.25) is 0 Å². The van der Waals surface area contributed by atoms with Gasteiger partial charge in [0.05, 0.1) is 0 Å². The topological polar surface area (TPSA) is 33.1 Å². The molecule has 0 amide bonds. The van der Waals surface area contributed by atoms with Crippen LogP contribution in [0.2, 0.25) is 0 Å². The second-order valence-electron chi connectivity index (χ2n) is 5.32. The molecule has 0 fully saturated rings. The maximum absolute atomic E-state index is 4.42. The van der Waals surface area contributed by atoms with Crippen LogP contribution in [0.5, 0.6) is 0 Å². The third-order valence-corrected chi connectivity index (χ3v) is 3.76. The number of rotatable bonds is 6. The van der Waals surface area contributed by atoms with Crippen LogP contribution in [0, 0.1) is 0 Å². The molecule has 1 unspecified atom stereocenters. The first-order valence-electron chi connectivity index (χ1n) is 6.26. The van der Waals surface area contributed by atoms with E-state index in [0.29, 0.717) is 6.04 Å². The fourth-order valence-electron chi connectivity index (χ4n) is 1.91. The molecule has 0 saturated carbocycles. The summed E-state index contributed by atoms with van der Waals surface area (Å²) in [6.45, 7) is 7.66. The summed E-state index contributed by atoms with van der Waals surface area (Å²) in [6, 6.07) is 0.392. The van der Waals surface area contributed by atoms with Crippen molar-refractivity contribution in [1.29, 1.82) is 0 Å². The number of nitrogens with one attached hydrogen (secondary N) is 1. The van der Waals surface area contributed by atoms with Crippen molar-refractivity contribution in [2.24, 2.45) is 7.05 Å². The molecule has 1 heterocycles. The van der Waals surface area contributed by atoms with Crippen LogP contribution in [0.15, 0.2) is 12.4 Å². The highest BCUT2D eigenvalue weighted by atomic mass is 15.2. The van der Waals surface area contributed by atoms with Crippen LogP contribution >= 0.6 is 0 Å². The molecular weight excluding hydrogens is 212 g/mol. The Kier molecular flexibility index (Phi) is 4.71. The molecule has 17 heavy (non-hydrogen) atoms. The second-order valence-corrected chi connectivity index (χ2v) is 5.32. The average Bonchev–Trinajstić information content (AvgIpc) is 2.63. The molecule has 98 valence electrons. The van der Waals surface area contributed by atoms with Crippen molar-refractivity contribution in [2.45, 2.75) is 38.8 Å². The molecular formula is C13H26N4. The zero-order valence-corrected chi connectivity index (χ0v) is 12.0. The predicted molar refractivity (Wildman–Crippen MR) is 72.1 cm³/mol. The van der Waals surface area contributed by atoms with Gasteiger partial charge in [-0.2, -0.15) is 0 Å². The lowest BCUT2D eigenvalue weighted by atomic mass is 9.90. The maximum atomic E-state index is 4.42. The molecule has 0 spiro atoms. The summed E-state index contributed by atoms with van der Waals surface area (Å²) in [5.41, 5.74) is 0.0992. The molecule has 4 heteroatoms. The molecule has 1 aromatic rings. The quantitative estimate of drug-likeness (QED) is 0.810. The summed E-state index contributed by atoms with van der Waals surface area (Å²) in [4.78, 5) is 6.68. The van der Waals surface area contributed by atoms with E-state index in [1.165, 1.54) is 0 Å². The summed E-state index contributed by atoms with van der Waals surface area (Å²) in [7, 11) is 6.31. The zero-order valence-electron chi connectivity index (χ0n) is 12.0. The van der Waals surface area contributed by atoms with Gasteiger partial charge in [-0.1, -0.05) is 6.92 Å². The third-order valence-electron chi connectivity index (χ3n) is 3.76. The number of imidazole rings is 1. The molecule has 1 N–H and O–H groups in total. The van der Waals surface area contributed by atoms with Crippen LogP contribution < -0.4 is 5.32 Å². The molecule has 1 aromatic heterocycles. The highest BCUT2D eigenvalue weighted by Gasteiger charge is 2.31. The number of likely N-dealkylation sites (N-methyl/N-ethyl adjacent to an activating group) is 2. The van der Waals surface area contributed by atoms with Gasteiger partial charge in [0.2, 0.25) is 0 Å².